The van der Waals surface area contributed by atoms with Crippen molar-refractivity contribution in [3.05, 3.63) is 35.6 Å². The van der Waals surface area contributed by atoms with E-state index < -0.39 is 11.5 Å². The summed E-state index contributed by atoms with van der Waals surface area (Å²) in [6, 6.07) is 7.37. The summed E-state index contributed by atoms with van der Waals surface area (Å²) in [5, 5.41) is 12.5. The molecule has 1 amide bonds. The summed E-state index contributed by atoms with van der Waals surface area (Å²) in [6.07, 6.45) is 0.312. The third-order valence-corrected chi connectivity index (χ3v) is 3.61. The zero-order valence-corrected chi connectivity index (χ0v) is 13.5. The molecule has 1 heterocycles. The van der Waals surface area contributed by atoms with Crippen LogP contribution in [0.2, 0.25) is 0 Å². The number of para-hydroxylation sites is 1. The van der Waals surface area contributed by atoms with Gasteiger partial charge in [-0.3, -0.25) is 9.59 Å². The number of amides is 1. The van der Waals surface area contributed by atoms with Gasteiger partial charge in [-0.05, 0) is 26.3 Å². The van der Waals surface area contributed by atoms with Crippen LogP contribution in [-0.2, 0) is 16.1 Å². The number of carbonyl (C=O) groups excluding carboxylic acids is 1. The highest BCUT2D eigenvalue weighted by Gasteiger charge is 2.26. The Morgan fingerprint density at radius 3 is 2.65 bits per heavy atom. The van der Waals surface area contributed by atoms with E-state index in [1.165, 1.54) is 0 Å². The maximum atomic E-state index is 12.6. The number of carboxylic acid groups (broad SMARTS) is 1. The summed E-state index contributed by atoms with van der Waals surface area (Å²) in [4.78, 5) is 23.3. The van der Waals surface area contributed by atoms with E-state index in [4.69, 9.17) is 14.3 Å². The minimum atomic E-state index is -0.892. The summed E-state index contributed by atoms with van der Waals surface area (Å²) in [5.41, 5.74) is 0.654. The molecule has 1 aromatic heterocycles. The largest absolute Gasteiger partial charge is 0.481 e. The van der Waals surface area contributed by atoms with E-state index in [0.717, 1.165) is 5.39 Å². The zero-order chi connectivity index (χ0) is 17.0. The molecule has 0 spiro atoms. The van der Waals surface area contributed by atoms with E-state index in [1.54, 1.807) is 27.0 Å². The number of methoxy groups -OCH3 is 1. The first kappa shape index (κ1) is 17.0. The molecule has 0 atom stereocenters. The lowest BCUT2D eigenvalue weighted by Crippen LogP contribution is -2.43. The molecule has 0 radical (unpaired) electrons. The number of fused-ring (bicyclic) bond motifs is 1. The van der Waals surface area contributed by atoms with Gasteiger partial charge in [-0.2, -0.15) is 0 Å². The molecule has 0 fully saturated rings. The van der Waals surface area contributed by atoms with Crippen LogP contribution < -0.4 is 5.32 Å². The second kappa shape index (κ2) is 6.83. The molecule has 0 unspecified atom stereocenters. The lowest BCUT2D eigenvalue weighted by molar-refractivity contribution is -0.137. The minimum absolute atomic E-state index is 0.0155. The van der Waals surface area contributed by atoms with Gasteiger partial charge in [0.15, 0.2) is 5.76 Å². The molecule has 23 heavy (non-hydrogen) atoms. The van der Waals surface area contributed by atoms with Crippen LogP contribution in [0.1, 0.15) is 42.8 Å². The second-order valence-corrected chi connectivity index (χ2v) is 6.07. The van der Waals surface area contributed by atoms with E-state index in [9.17, 15) is 9.59 Å². The molecular weight excluding hydrogens is 298 g/mol. The van der Waals surface area contributed by atoms with Crippen molar-refractivity contribution < 1.29 is 23.8 Å². The monoisotopic (exact) mass is 319 g/mol. The highest BCUT2D eigenvalue weighted by Crippen LogP contribution is 2.27. The zero-order valence-electron chi connectivity index (χ0n) is 13.5. The standard InChI is InChI=1S/C17H21NO5/c1-17(2,9-8-14(19)20)18-16(21)15-12(10-22-3)11-6-4-5-7-13(11)23-15/h4-7H,8-10H2,1-3H3,(H,18,21)(H,19,20). The van der Waals surface area contributed by atoms with Crippen molar-refractivity contribution in [2.24, 2.45) is 0 Å². The summed E-state index contributed by atoms with van der Waals surface area (Å²) in [7, 11) is 1.56. The molecule has 0 bridgehead atoms. The van der Waals surface area contributed by atoms with E-state index in [2.05, 4.69) is 5.32 Å². The second-order valence-electron chi connectivity index (χ2n) is 6.07. The average Bonchev–Trinajstić information content (AvgIpc) is 2.85. The van der Waals surface area contributed by atoms with Crippen molar-refractivity contribution in [2.75, 3.05) is 7.11 Å². The summed E-state index contributed by atoms with van der Waals surface area (Å²) < 4.78 is 10.9. The van der Waals surface area contributed by atoms with Crippen molar-refractivity contribution >= 4 is 22.8 Å². The average molecular weight is 319 g/mol. The van der Waals surface area contributed by atoms with Crippen molar-refractivity contribution in [3.8, 4) is 0 Å². The molecule has 0 aliphatic carbocycles. The number of hydrogen-bond acceptors (Lipinski definition) is 4. The molecule has 2 N–H and O–H groups in total. The van der Waals surface area contributed by atoms with Gasteiger partial charge in [0, 0.05) is 30.0 Å². The smallest absolute Gasteiger partial charge is 0.303 e. The Kier molecular flexibility index (Phi) is 5.05. The maximum Gasteiger partial charge on any atom is 0.303 e. The molecule has 1 aromatic carbocycles. The summed E-state index contributed by atoms with van der Waals surface area (Å²) in [6.45, 7) is 3.83. The molecule has 0 aliphatic heterocycles. The predicted molar refractivity (Wildman–Crippen MR) is 85.3 cm³/mol. The Hall–Kier alpha value is -2.34. The third kappa shape index (κ3) is 4.10. The van der Waals surface area contributed by atoms with Gasteiger partial charge < -0.3 is 19.6 Å². The molecule has 2 rings (SSSR count). The van der Waals surface area contributed by atoms with Gasteiger partial charge in [-0.15, -0.1) is 0 Å². The molecule has 0 saturated heterocycles. The predicted octanol–water partition coefficient (Wildman–Crippen LogP) is 2.95. The van der Waals surface area contributed by atoms with E-state index in [0.29, 0.717) is 17.6 Å². The minimum Gasteiger partial charge on any atom is -0.481 e. The van der Waals surface area contributed by atoms with Crippen molar-refractivity contribution in [3.63, 3.8) is 0 Å². The Bertz CT molecular complexity index is 717. The fourth-order valence-electron chi connectivity index (χ4n) is 2.42. The quantitative estimate of drug-likeness (QED) is 0.819. The number of furan rings is 1. The molecular formula is C17H21NO5. The first-order chi connectivity index (χ1) is 10.8. The van der Waals surface area contributed by atoms with Crippen LogP contribution in [0, 0.1) is 0 Å². The molecule has 124 valence electrons. The van der Waals surface area contributed by atoms with Crippen LogP contribution in [0.25, 0.3) is 11.0 Å². The fraction of sp³-hybridized carbons (Fsp3) is 0.412. The Labute approximate surface area is 134 Å². The molecule has 6 heteroatoms. The van der Waals surface area contributed by atoms with E-state index in [1.807, 2.05) is 18.2 Å². The van der Waals surface area contributed by atoms with Crippen LogP contribution in [-0.4, -0.2) is 29.6 Å². The first-order valence-corrected chi connectivity index (χ1v) is 7.38. The number of carbonyl (C=O) groups is 2. The number of benzene rings is 1. The highest BCUT2D eigenvalue weighted by atomic mass is 16.5. The SMILES string of the molecule is COCc1c(C(=O)NC(C)(C)CCC(=O)O)oc2ccccc12. The number of carboxylic acids is 1. The van der Waals surface area contributed by atoms with Gasteiger partial charge in [0.05, 0.1) is 6.61 Å². The fourth-order valence-corrected chi connectivity index (χ4v) is 2.42. The first-order valence-electron chi connectivity index (χ1n) is 7.38. The number of ether oxygens (including phenoxy) is 1. The van der Waals surface area contributed by atoms with E-state index in [-0.39, 0.29) is 24.7 Å². The van der Waals surface area contributed by atoms with E-state index >= 15 is 0 Å². The Balaban J connectivity index is 2.26. The Morgan fingerprint density at radius 2 is 2.00 bits per heavy atom. The van der Waals surface area contributed by atoms with Crippen LogP contribution in [0.15, 0.2) is 28.7 Å². The van der Waals surface area contributed by atoms with Crippen LogP contribution >= 0.6 is 0 Å². The highest BCUT2D eigenvalue weighted by molar-refractivity contribution is 5.99. The van der Waals surface area contributed by atoms with Gasteiger partial charge in [0.1, 0.15) is 5.58 Å². The number of rotatable bonds is 7. The number of hydrogen-bond donors (Lipinski definition) is 2. The molecule has 2 aromatic rings. The molecule has 6 nitrogen and oxygen atoms in total. The number of aliphatic carboxylic acids is 1. The normalized spacial score (nSPS) is 11.6. The third-order valence-electron chi connectivity index (χ3n) is 3.61. The van der Waals surface area contributed by atoms with Crippen molar-refractivity contribution in [2.45, 2.75) is 38.8 Å². The van der Waals surface area contributed by atoms with Gasteiger partial charge in [0.2, 0.25) is 0 Å². The lowest BCUT2D eigenvalue weighted by Gasteiger charge is -2.25. The topological polar surface area (TPSA) is 88.8 Å². The Morgan fingerprint density at radius 1 is 1.30 bits per heavy atom. The van der Waals surface area contributed by atoms with Crippen LogP contribution in [0.3, 0.4) is 0 Å². The summed E-state index contributed by atoms with van der Waals surface area (Å²) >= 11 is 0. The van der Waals surface area contributed by atoms with Gasteiger partial charge in [0.25, 0.3) is 5.91 Å². The van der Waals surface area contributed by atoms with Crippen LogP contribution in [0.5, 0.6) is 0 Å². The van der Waals surface area contributed by atoms with Crippen LogP contribution in [0.4, 0.5) is 0 Å². The van der Waals surface area contributed by atoms with Gasteiger partial charge >= 0.3 is 5.97 Å². The van der Waals surface area contributed by atoms with Crippen molar-refractivity contribution in [1.29, 1.82) is 0 Å². The van der Waals surface area contributed by atoms with Gasteiger partial charge in [-0.25, -0.2) is 0 Å². The maximum absolute atomic E-state index is 12.6. The van der Waals surface area contributed by atoms with Crippen molar-refractivity contribution in [1.82, 2.24) is 5.32 Å². The van der Waals surface area contributed by atoms with Gasteiger partial charge in [-0.1, -0.05) is 18.2 Å². The lowest BCUT2D eigenvalue weighted by atomic mass is 9.98. The summed E-state index contributed by atoms with van der Waals surface area (Å²) in [5.74, 6) is -1.06. The number of nitrogens with one attached hydrogen (secondary N) is 1. The molecule has 0 saturated carbocycles. The molecule has 0 aliphatic rings.